The summed E-state index contributed by atoms with van der Waals surface area (Å²) in [6.07, 6.45) is 0.194. The summed E-state index contributed by atoms with van der Waals surface area (Å²) in [5.74, 6) is 1.97. The average Bonchev–Trinajstić information content (AvgIpc) is 2.77. The van der Waals surface area contributed by atoms with Gasteiger partial charge in [0.05, 0.1) is 18.8 Å². The van der Waals surface area contributed by atoms with Crippen LogP contribution in [0, 0.1) is 0 Å². The predicted octanol–water partition coefficient (Wildman–Crippen LogP) is 4.75. The van der Waals surface area contributed by atoms with Crippen LogP contribution in [0.4, 0.5) is 0 Å². The molecule has 0 spiro atoms. The zero-order chi connectivity index (χ0) is 21.3. The highest BCUT2D eigenvalue weighted by Crippen LogP contribution is 2.29. The molecule has 0 fully saturated rings. The fraction of sp³-hybridized carbons (Fsp3) is 0.250. The average molecular weight is 464 g/mol. The van der Waals surface area contributed by atoms with Gasteiger partial charge >= 0.3 is 0 Å². The minimum absolute atomic E-state index is 0. The lowest BCUT2D eigenvalue weighted by Crippen LogP contribution is -2.38. The van der Waals surface area contributed by atoms with Crippen molar-refractivity contribution in [3.05, 3.63) is 88.9 Å². The van der Waals surface area contributed by atoms with Crippen LogP contribution in [-0.4, -0.2) is 29.0 Å². The van der Waals surface area contributed by atoms with E-state index < -0.39 is 12.1 Å². The summed E-state index contributed by atoms with van der Waals surface area (Å²) in [6.45, 7) is 0.229. The van der Waals surface area contributed by atoms with Crippen molar-refractivity contribution >= 4 is 24.0 Å². The van der Waals surface area contributed by atoms with Crippen molar-refractivity contribution in [2.45, 2.75) is 31.6 Å². The predicted molar refractivity (Wildman–Crippen MR) is 125 cm³/mol. The lowest BCUT2D eigenvalue weighted by Gasteiger charge is -2.16. The Morgan fingerprint density at radius 2 is 1.61 bits per heavy atom. The van der Waals surface area contributed by atoms with Crippen molar-refractivity contribution in [2.24, 2.45) is 5.73 Å². The molecule has 2 atom stereocenters. The molecule has 166 valence electrons. The third-order valence-electron chi connectivity index (χ3n) is 4.73. The molecule has 0 aliphatic heterocycles. The summed E-state index contributed by atoms with van der Waals surface area (Å²) in [6, 6.07) is 22.2. The number of nitrogens with two attached hydrogens (primary N) is 1. The summed E-state index contributed by atoms with van der Waals surface area (Å²) in [7, 11) is 0. The van der Waals surface area contributed by atoms with Crippen LogP contribution in [0.5, 0.6) is 17.2 Å². The van der Waals surface area contributed by atoms with Gasteiger partial charge in [-0.25, -0.2) is 0 Å². The van der Waals surface area contributed by atoms with Gasteiger partial charge in [-0.2, -0.15) is 0 Å². The number of hydrogen-bond acceptors (Lipinski definition) is 5. The molecule has 0 bridgehead atoms. The zero-order valence-electron chi connectivity index (χ0n) is 17.0. The van der Waals surface area contributed by atoms with Crippen molar-refractivity contribution in [1.29, 1.82) is 0 Å². The lowest BCUT2D eigenvalue weighted by molar-refractivity contribution is 0.102. The van der Waals surface area contributed by atoms with E-state index in [0.717, 1.165) is 11.1 Å². The van der Waals surface area contributed by atoms with E-state index in [1.54, 1.807) is 6.07 Å². The molecule has 5 nitrogen and oxygen atoms in total. The molecular weight excluding hydrogens is 437 g/mol. The highest BCUT2D eigenvalue weighted by molar-refractivity contribution is 6.31. The molecule has 3 rings (SSSR count). The first-order valence-electron chi connectivity index (χ1n) is 9.82. The Morgan fingerprint density at radius 1 is 0.903 bits per heavy atom. The molecule has 3 aromatic rings. The topological polar surface area (TPSA) is 84.9 Å². The highest BCUT2D eigenvalue weighted by atomic mass is 35.5. The first-order valence-corrected chi connectivity index (χ1v) is 10.2. The van der Waals surface area contributed by atoms with Crippen LogP contribution in [0.1, 0.15) is 17.5 Å². The second kappa shape index (κ2) is 12.5. The molecule has 0 aromatic heterocycles. The first-order chi connectivity index (χ1) is 14.5. The quantitative estimate of drug-likeness (QED) is 0.404. The standard InChI is InChI=1S/C24H26ClNO4.ClH/c25-22-14-21(11-9-18(22)10-12-24(28)23(26)15-27)30-20-8-4-7-19(13-20)29-16-17-5-2-1-3-6-17;/h1-9,11,13-14,23-24,27-28H,10,12,15-16,26H2;1H. The van der Waals surface area contributed by atoms with E-state index in [1.165, 1.54) is 0 Å². The minimum atomic E-state index is -0.777. The number of benzene rings is 3. The molecular formula is C24H27Cl2NO4. The van der Waals surface area contributed by atoms with E-state index >= 15 is 0 Å². The fourth-order valence-electron chi connectivity index (χ4n) is 2.94. The van der Waals surface area contributed by atoms with E-state index in [1.807, 2.05) is 66.7 Å². The molecule has 7 heteroatoms. The number of ether oxygens (including phenoxy) is 2. The monoisotopic (exact) mass is 463 g/mol. The molecule has 31 heavy (non-hydrogen) atoms. The Balaban J connectivity index is 0.00000341. The van der Waals surface area contributed by atoms with Gasteiger partial charge < -0.3 is 25.4 Å². The summed E-state index contributed by atoms with van der Waals surface area (Å²) in [5.41, 5.74) is 7.61. The van der Waals surface area contributed by atoms with Gasteiger partial charge in [0.25, 0.3) is 0 Å². The minimum Gasteiger partial charge on any atom is -0.489 e. The Labute approximate surface area is 193 Å². The zero-order valence-corrected chi connectivity index (χ0v) is 18.6. The number of halogens is 2. The van der Waals surface area contributed by atoms with Crippen molar-refractivity contribution in [3.63, 3.8) is 0 Å². The molecule has 0 aliphatic rings. The van der Waals surface area contributed by atoms with Gasteiger partial charge in [0.2, 0.25) is 0 Å². The number of hydrogen-bond donors (Lipinski definition) is 3. The Kier molecular flexibility index (Phi) is 10.1. The van der Waals surface area contributed by atoms with E-state index in [4.69, 9.17) is 31.9 Å². The SMILES string of the molecule is Cl.NC(CO)C(O)CCc1ccc(Oc2cccc(OCc3ccccc3)c2)cc1Cl. The molecule has 3 aromatic carbocycles. The van der Waals surface area contributed by atoms with Crippen LogP contribution in [0.3, 0.4) is 0 Å². The van der Waals surface area contributed by atoms with Crippen LogP contribution in [0.2, 0.25) is 5.02 Å². The molecule has 0 amide bonds. The van der Waals surface area contributed by atoms with Crippen molar-refractivity contribution in [3.8, 4) is 17.2 Å². The van der Waals surface area contributed by atoms with Crippen LogP contribution in [0.25, 0.3) is 0 Å². The normalized spacial score (nSPS) is 12.5. The van der Waals surface area contributed by atoms with Crippen molar-refractivity contribution in [2.75, 3.05) is 6.61 Å². The van der Waals surface area contributed by atoms with Gasteiger partial charge in [0, 0.05) is 11.1 Å². The van der Waals surface area contributed by atoms with Crippen LogP contribution in [0.15, 0.2) is 72.8 Å². The Hall–Kier alpha value is -2.28. The summed E-state index contributed by atoms with van der Waals surface area (Å²) in [5, 5.41) is 19.5. The van der Waals surface area contributed by atoms with Gasteiger partial charge in [-0.15, -0.1) is 12.4 Å². The molecule has 0 saturated carbocycles. The van der Waals surface area contributed by atoms with E-state index in [9.17, 15) is 5.11 Å². The van der Waals surface area contributed by atoms with Crippen LogP contribution in [-0.2, 0) is 13.0 Å². The Bertz CT molecular complexity index is 940. The van der Waals surface area contributed by atoms with Gasteiger partial charge in [0.15, 0.2) is 0 Å². The van der Waals surface area contributed by atoms with Crippen molar-refractivity contribution in [1.82, 2.24) is 0 Å². The lowest BCUT2D eigenvalue weighted by atomic mass is 10.0. The first kappa shape index (κ1) is 25.0. The van der Waals surface area contributed by atoms with Crippen LogP contribution >= 0.6 is 24.0 Å². The van der Waals surface area contributed by atoms with Crippen LogP contribution < -0.4 is 15.2 Å². The highest BCUT2D eigenvalue weighted by Gasteiger charge is 2.14. The number of aliphatic hydroxyl groups is 2. The Morgan fingerprint density at radius 3 is 2.32 bits per heavy atom. The second-order valence-corrected chi connectivity index (χ2v) is 7.46. The third kappa shape index (κ3) is 7.73. The maximum absolute atomic E-state index is 9.90. The molecule has 0 aliphatic carbocycles. The largest absolute Gasteiger partial charge is 0.489 e. The van der Waals surface area contributed by atoms with Gasteiger partial charge in [-0.3, -0.25) is 0 Å². The number of aryl methyl sites for hydroxylation is 1. The second-order valence-electron chi connectivity index (χ2n) is 7.06. The molecule has 2 unspecified atom stereocenters. The molecule has 4 N–H and O–H groups in total. The van der Waals surface area contributed by atoms with Crippen molar-refractivity contribution < 1.29 is 19.7 Å². The maximum Gasteiger partial charge on any atom is 0.131 e. The molecule has 0 heterocycles. The summed E-state index contributed by atoms with van der Waals surface area (Å²) < 4.78 is 11.8. The number of rotatable bonds is 10. The van der Waals surface area contributed by atoms with E-state index in [-0.39, 0.29) is 19.0 Å². The molecule has 0 saturated heterocycles. The van der Waals surface area contributed by atoms with Gasteiger partial charge in [0.1, 0.15) is 23.9 Å². The number of aliphatic hydroxyl groups excluding tert-OH is 2. The molecule has 0 radical (unpaired) electrons. The smallest absolute Gasteiger partial charge is 0.131 e. The van der Waals surface area contributed by atoms with Gasteiger partial charge in [-0.1, -0.05) is 54.1 Å². The fourth-order valence-corrected chi connectivity index (χ4v) is 3.20. The third-order valence-corrected chi connectivity index (χ3v) is 5.08. The summed E-state index contributed by atoms with van der Waals surface area (Å²) in [4.78, 5) is 0. The summed E-state index contributed by atoms with van der Waals surface area (Å²) >= 11 is 6.37. The van der Waals surface area contributed by atoms with Gasteiger partial charge in [-0.05, 0) is 48.2 Å². The van der Waals surface area contributed by atoms with E-state index in [0.29, 0.717) is 41.7 Å². The van der Waals surface area contributed by atoms with E-state index in [2.05, 4.69) is 0 Å². The maximum atomic E-state index is 9.90.